The Morgan fingerprint density at radius 3 is 2.53 bits per heavy atom. The topological polar surface area (TPSA) is 57.9 Å². The van der Waals surface area contributed by atoms with E-state index < -0.39 is 9.05 Å². The van der Waals surface area contributed by atoms with E-state index in [-0.39, 0.29) is 4.90 Å². The first kappa shape index (κ1) is 12.5. The molecule has 0 aliphatic carbocycles. The van der Waals surface area contributed by atoms with Crippen molar-refractivity contribution in [2.75, 3.05) is 0 Å². The van der Waals surface area contributed by atoms with Crippen LogP contribution >= 0.6 is 26.6 Å². The van der Waals surface area contributed by atoms with Gasteiger partial charge in [0.15, 0.2) is 0 Å². The molecule has 1 aromatic rings. The van der Waals surface area contributed by atoms with Crippen molar-refractivity contribution in [3.8, 4) is 6.07 Å². The van der Waals surface area contributed by atoms with Crippen molar-refractivity contribution in [3.05, 3.63) is 27.7 Å². The van der Waals surface area contributed by atoms with Crippen LogP contribution in [0.2, 0.25) is 0 Å². The first-order valence-electron chi connectivity index (χ1n) is 4.07. The van der Waals surface area contributed by atoms with Gasteiger partial charge in [-0.1, -0.05) is 22.9 Å². The number of nitriles is 1. The number of hydrogen-bond acceptors (Lipinski definition) is 3. The maximum Gasteiger partial charge on any atom is 0.261 e. The van der Waals surface area contributed by atoms with E-state index in [1.54, 1.807) is 13.0 Å². The summed E-state index contributed by atoms with van der Waals surface area (Å²) in [6.07, 6.45) is 0.442. The molecule has 0 aliphatic rings. The second kappa shape index (κ2) is 4.52. The molecule has 0 aliphatic heterocycles. The smallest absolute Gasteiger partial charge is 0.207 e. The van der Waals surface area contributed by atoms with E-state index >= 15 is 0 Å². The maximum atomic E-state index is 11.3. The van der Waals surface area contributed by atoms with E-state index in [2.05, 4.69) is 15.9 Å². The Bertz CT molecular complexity index is 534. The van der Waals surface area contributed by atoms with Gasteiger partial charge in [-0.25, -0.2) is 8.42 Å². The highest BCUT2D eigenvalue weighted by molar-refractivity contribution is 9.10. The SMILES string of the molecule is CCc1c(C#N)cc(Br)cc1S(=O)(=O)Cl. The molecule has 0 aromatic heterocycles. The third-order valence-corrected chi connectivity index (χ3v) is 3.76. The fourth-order valence-electron chi connectivity index (χ4n) is 1.29. The molecule has 1 aromatic carbocycles. The number of rotatable bonds is 2. The van der Waals surface area contributed by atoms with E-state index in [0.29, 0.717) is 22.0 Å². The van der Waals surface area contributed by atoms with Gasteiger partial charge in [0.05, 0.1) is 16.5 Å². The molecule has 3 nitrogen and oxygen atoms in total. The highest BCUT2D eigenvalue weighted by atomic mass is 79.9. The van der Waals surface area contributed by atoms with Gasteiger partial charge in [0.2, 0.25) is 0 Å². The summed E-state index contributed by atoms with van der Waals surface area (Å²) in [4.78, 5) is -0.00223. The number of halogens is 2. The largest absolute Gasteiger partial charge is 0.261 e. The van der Waals surface area contributed by atoms with Gasteiger partial charge >= 0.3 is 0 Å². The first-order valence-corrected chi connectivity index (χ1v) is 7.17. The van der Waals surface area contributed by atoms with Crippen molar-refractivity contribution >= 4 is 35.7 Å². The lowest BCUT2D eigenvalue weighted by Gasteiger charge is -2.07. The Balaban J connectivity index is 3.66. The van der Waals surface area contributed by atoms with Gasteiger partial charge in [-0.3, -0.25) is 0 Å². The molecule has 0 unspecified atom stereocenters. The van der Waals surface area contributed by atoms with Crippen LogP contribution in [0.1, 0.15) is 18.1 Å². The molecule has 0 heterocycles. The minimum Gasteiger partial charge on any atom is -0.207 e. The molecule has 0 spiro atoms. The van der Waals surface area contributed by atoms with Crippen LogP contribution < -0.4 is 0 Å². The predicted molar refractivity (Wildman–Crippen MR) is 61.3 cm³/mol. The number of benzene rings is 1. The Hall–Kier alpha value is -0.570. The zero-order valence-electron chi connectivity index (χ0n) is 7.79. The molecule has 0 N–H and O–H groups in total. The molecule has 0 fully saturated rings. The first-order chi connectivity index (χ1) is 6.90. The summed E-state index contributed by atoms with van der Waals surface area (Å²) in [6, 6.07) is 4.93. The van der Waals surface area contributed by atoms with E-state index in [9.17, 15) is 8.42 Å². The van der Waals surface area contributed by atoms with Gasteiger partial charge in [-0.15, -0.1) is 0 Å². The minimum atomic E-state index is -3.81. The number of hydrogen-bond donors (Lipinski definition) is 0. The summed E-state index contributed by atoms with van der Waals surface area (Å²) >= 11 is 3.14. The Labute approximate surface area is 101 Å². The molecule has 0 atom stereocenters. The van der Waals surface area contributed by atoms with Crippen LogP contribution in [0.3, 0.4) is 0 Å². The van der Waals surface area contributed by atoms with Crippen molar-refractivity contribution in [1.29, 1.82) is 5.26 Å². The molecule has 1 rings (SSSR count). The van der Waals surface area contributed by atoms with Crippen LogP contribution in [-0.4, -0.2) is 8.42 Å². The van der Waals surface area contributed by atoms with Crippen LogP contribution in [0.25, 0.3) is 0 Å². The third-order valence-electron chi connectivity index (χ3n) is 1.91. The third kappa shape index (κ3) is 2.71. The quantitative estimate of drug-likeness (QED) is 0.789. The van der Waals surface area contributed by atoms with Crippen LogP contribution in [-0.2, 0) is 15.5 Å². The molecule has 0 bridgehead atoms. The summed E-state index contributed by atoms with van der Waals surface area (Å²) in [6.45, 7) is 1.77. The summed E-state index contributed by atoms with van der Waals surface area (Å²) in [5.41, 5.74) is 0.779. The van der Waals surface area contributed by atoms with Crippen LogP contribution in [0, 0.1) is 11.3 Å². The summed E-state index contributed by atoms with van der Waals surface area (Å²) in [5, 5.41) is 8.86. The van der Waals surface area contributed by atoms with E-state index in [0.717, 1.165) is 0 Å². The summed E-state index contributed by atoms with van der Waals surface area (Å²) in [5.74, 6) is 0. The van der Waals surface area contributed by atoms with E-state index in [1.165, 1.54) is 6.07 Å². The van der Waals surface area contributed by atoms with Crippen molar-refractivity contribution in [2.24, 2.45) is 0 Å². The lowest BCUT2D eigenvalue weighted by Crippen LogP contribution is -2.00. The molecule has 6 heteroatoms. The monoisotopic (exact) mass is 307 g/mol. The standard InChI is InChI=1S/C9H7BrClNO2S/c1-2-8-6(5-12)3-7(10)4-9(8)15(11,13)14/h3-4H,2H2,1H3. The number of nitrogens with zero attached hydrogens (tertiary/aromatic N) is 1. The van der Waals surface area contributed by atoms with Crippen LogP contribution in [0.15, 0.2) is 21.5 Å². The average molecular weight is 309 g/mol. The van der Waals surface area contributed by atoms with Crippen LogP contribution in [0.4, 0.5) is 0 Å². The van der Waals surface area contributed by atoms with Crippen molar-refractivity contribution in [2.45, 2.75) is 18.2 Å². The van der Waals surface area contributed by atoms with Crippen molar-refractivity contribution in [1.82, 2.24) is 0 Å². The van der Waals surface area contributed by atoms with Gasteiger partial charge in [-0.2, -0.15) is 5.26 Å². The van der Waals surface area contributed by atoms with Gasteiger partial charge in [-0.05, 0) is 24.1 Å². The molecular weight excluding hydrogens is 302 g/mol. The highest BCUT2D eigenvalue weighted by Crippen LogP contribution is 2.27. The maximum absolute atomic E-state index is 11.3. The minimum absolute atomic E-state index is 0.00223. The second-order valence-electron chi connectivity index (χ2n) is 2.83. The second-order valence-corrected chi connectivity index (χ2v) is 6.28. The fourth-order valence-corrected chi connectivity index (χ4v) is 3.13. The highest BCUT2D eigenvalue weighted by Gasteiger charge is 2.18. The molecule has 0 saturated carbocycles. The lowest BCUT2D eigenvalue weighted by molar-refractivity contribution is 0.608. The van der Waals surface area contributed by atoms with E-state index in [1.807, 2.05) is 6.07 Å². The van der Waals surface area contributed by atoms with Gasteiger partial charge in [0, 0.05) is 15.2 Å². The average Bonchev–Trinajstić information content (AvgIpc) is 2.15. The van der Waals surface area contributed by atoms with E-state index in [4.69, 9.17) is 15.9 Å². The molecule has 0 amide bonds. The predicted octanol–water partition coefficient (Wildman–Crippen LogP) is 2.81. The molecule has 80 valence electrons. The van der Waals surface area contributed by atoms with Gasteiger partial charge in [0.25, 0.3) is 9.05 Å². The summed E-state index contributed by atoms with van der Waals surface area (Å²) < 4.78 is 23.1. The zero-order chi connectivity index (χ0) is 11.6. The van der Waals surface area contributed by atoms with Gasteiger partial charge in [0.1, 0.15) is 0 Å². The molecule has 0 saturated heterocycles. The molecule has 0 radical (unpaired) electrons. The summed E-state index contributed by atoms with van der Waals surface area (Å²) in [7, 11) is 1.48. The molecule has 15 heavy (non-hydrogen) atoms. The van der Waals surface area contributed by atoms with Crippen LogP contribution in [0.5, 0.6) is 0 Å². The zero-order valence-corrected chi connectivity index (χ0v) is 10.9. The Kier molecular flexibility index (Phi) is 3.77. The van der Waals surface area contributed by atoms with Gasteiger partial charge < -0.3 is 0 Å². The Morgan fingerprint density at radius 2 is 2.13 bits per heavy atom. The lowest BCUT2D eigenvalue weighted by atomic mass is 10.1. The molecular formula is C9H7BrClNO2S. The normalized spacial score (nSPS) is 11.1. The fraction of sp³-hybridized carbons (Fsp3) is 0.222. The Morgan fingerprint density at radius 1 is 1.53 bits per heavy atom. The van der Waals surface area contributed by atoms with Crippen molar-refractivity contribution in [3.63, 3.8) is 0 Å². The van der Waals surface area contributed by atoms with Crippen molar-refractivity contribution < 1.29 is 8.42 Å².